The Morgan fingerprint density at radius 1 is 0.920 bits per heavy atom. The Hall–Kier alpha value is -2.04. The van der Waals surface area contributed by atoms with E-state index in [1.165, 1.54) is 10.8 Å². The quantitative estimate of drug-likeness (QED) is 0.598. The van der Waals surface area contributed by atoms with E-state index in [1.807, 2.05) is 43.3 Å². The second-order valence-corrected chi connectivity index (χ2v) is 6.58. The van der Waals surface area contributed by atoms with Gasteiger partial charge in [0.15, 0.2) is 11.5 Å². The van der Waals surface area contributed by atoms with Crippen LogP contribution in [0.2, 0.25) is 0 Å². The highest BCUT2D eigenvalue weighted by molar-refractivity contribution is 9.10. The number of hydrogen-bond donors (Lipinski definition) is 1. The lowest BCUT2D eigenvalue weighted by Crippen LogP contribution is -2.01. The fraction of sp³-hybridized carbons (Fsp3) is 0.238. The zero-order valence-corrected chi connectivity index (χ0v) is 15.8. The minimum Gasteiger partial charge on any atom is -0.490 e. The molecule has 3 aromatic carbocycles. The molecule has 25 heavy (non-hydrogen) atoms. The molecule has 0 amide bonds. The van der Waals surface area contributed by atoms with Gasteiger partial charge in [-0.2, -0.15) is 0 Å². The molecule has 0 fully saturated rings. The average Bonchev–Trinajstić information content (AvgIpc) is 2.62. The molecule has 0 unspecified atom stereocenters. The summed E-state index contributed by atoms with van der Waals surface area (Å²) in [4.78, 5) is 0. The van der Waals surface area contributed by atoms with E-state index in [2.05, 4.69) is 34.1 Å². The molecule has 0 bridgehead atoms. The number of benzene rings is 3. The number of aliphatic hydroxyl groups excluding tert-OH is 1. The molecule has 0 aliphatic heterocycles. The maximum absolute atomic E-state index is 9.11. The molecule has 4 heteroatoms. The van der Waals surface area contributed by atoms with Gasteiger partial charge in [0.1, 0.15) is 6.61 Å². The molecule has 130 valence electrons. The lowest BCUT2D eigenvalue weighted by molar-refractivity contribution is 0.269. The molecular formula is C21H21BrO3. The predicted octanol–water partition coefficient (Wildman–Crippen LogP) is 5.11. The summed E-state index contributed by atoms with van der Waals surface area (Å²) < 4.78 is 12.8. The molecule has 3 aromatic rings. The fourth-order valence-corrected chi connectivity index (χ4v) is 3.34. The van der Waals surface area contributed by atoms with Crippen molar-refractivity contribution in [3.63, 3.8) is 0 Å². The molecule has 0 aromatic heterocycles. The van der Waals surface area contributed by atoms with Gasteiger partial charge in [0.05, 0.1) is 6.61 Å². The van der Waals surface area contributed by atoms with Gasteiger partial charge in [-0.15, -0.1) is 0 Å². The number of aliphatic hydroxyl groups is 1. The van der Waals surface area contributed by atoms with Gasteiger partial charge in [-0.1, -0.05) is 52.3 Å². The molecule has 0 aliphatic carbocycles. The van der Waals surface area contributed by atoms with Crippen LogP contribution in [-0.4, -0.2) is 18.3 Å². The van der Waals surface area contributed by atoms with Crippen molar-refractivity contribution in [2.24, 2.45) is 0 Å². The Morgan fingerprint density at radius 2 is 1.72 bits per heavy atom. The monoisotopic (exact) mass is 400 g/mol. The highest BCUT2D eigenvalue weighted by Crippen LogP contribution is 2.31. The Balaban J connectivity index is 1.85. The van der Waals surface area contributed by atoms with Gasteiger partial charge < -0.3 is 14.6 Å². The van der Waals surface area contributed by atoms with Crippen LogP contribution >= 0.6 is 15.9 Å². The van der Waals surface area contributed by atoms with E-state index in [0.29, 0.717) is 19.6 Å². The van der Waals surface area contributed by atoms with Crippen LogP contribution in [0.15, 0.2) is 59.1 Å². The molecule has 0 atom stereocenters. The number of ether oxygens (including phenoxy) is 2. The van der Waals surface area contributed by atoms with Crippen LogP contribution in [0.4, 0.5) is 0 Å². The Bertz CT molecular complexity index is 861. The van der Waals surface area contributed by atoms with Crippen molar-refractivity contribution in [1.82, 2.24) is 0 Å². The van der Waals surface area contributed by atoms with Crippen LogP contribution in [0.1, 0.15) is 18.1 Å². The van der Waals surface area contributed by atoms with E-state index in [-0.39, 0.29) is 6.61 Å². The van der Waals surface area contributed by atoms with Crippen molar-refractivity contribution in [3.05, 3.63) is 70.2 Å². The van der Waals surface area contributed by atoms with Crippen LogP contribution in [0, 0.1) is 0 Å². The second-order valence-electron chi connectivity index (χ2n) is 5.73. The van der Waals surface area contributed by atoms with E-state index < -0.39 is 0 Å². The van der Waals surface area contributed by atoms with Crippen molar-refractivity contribution in [2.45, 2.75) is 20.0 Å². The molecule has 0 saturated heterocycles. The highest BCUT2D eigenvalue weighted by Gasteiger charge is 2.09. The molecule has 0 radical (unpaired) electrons. The third-order valence-corrected chi connectivity index (χ3v) is 4.74. The summed E-state index contributed by atoms with van der Waals surface area (Å²) in [5, 5.41) is 11.5. The van der Waals surface area contributed by atoms with Gasteiger partial charge in [-0.25, -0.2) is 0 Å². The highest BCUT2D eigenvalue weighted by atomic mass is 79.9. The van der Waals surface area contributed by atoms with Gasteiger partial charge in [-0.3, -0.25) is 0 Å². The minimum absolute atomic E-state index is 0.122. The fourth-order valence-electron chi connectivity index (χ4n) is 2.84. The van der Waals surface area contributed by atoms with Crippen LogP contribution < -0.4 is 9.47 Å². The topological polar surface area (TPSA) is 38.7 Å². The summed E-state index contributed by atoms with van der Waals surface area (Å²) in [7, 11) is 0. The average molecular weight is 401 g/mol. The van der Waals surface area contributed by atoms with Crippen molar-refractivity contribution < 1.29 is 14.6 Å². The Kier molecular flexibility index (Phi) is 5.95. The van der Waals surface area contributed by atoms with Gasteiger partial charge in [0.25, 0.3) is 0 Å². The smallest absolute Gasteiger partial charge is 0.161 e. The van der Waals surface area contributed by atoms with Crippen molar-refractivity contribution in [2.75, 3.05) is 13.2 Å². The normalized spacial score (nSPS) is 10.8. The summed E-state index contributed by atoms with van der Waals surface area (Å²) in [6, 6.07) is 18.2. The van der Waals surface area contributed by atoms with Gasteiger partial charge in [-0.05, 0) is 53.4 Å². The van der Waals surface area contributed by atoms with E-state index in [4.69, 9.17) is 14.6 Å². The standard InChI is InChI=1S/C21H21BrO3/c1-2-24-21-13-15(11-12-23)9-10-20(21)25-14-16-5-3-7-18-17(16)6-4-8-19(18)22/h3-10,13,23H,2,11-12,14H2,1H3. The number of rotatable bonds is 7. The minimum atomic E-state index is 0.122. The van der Waals surface area contributed by atoms with Crippen LogP contribution in [0.3, 0.4) is 0 Å². The van der Waals surface area contributed by atoms with Gasteiger partial charge in [0, 0.05) is 11.1 Å². The molecule has 3 nitrogen and oxygen atoms in total. The molecule has 3 rings (SSSR count). The van der Waals surface area contributed by atoms with Crippen LogP contribution in [0.25, 0.3) is 10.8 Å². The molecule has 0 aliphatic rings. The SMILES string of the molecule is CCOc1cc(CCO)ccc1OCc1cccc2c(Br)cccc12. The summed E-state index contributed by atoms with van der Waals surface area (Å²) >= 11 is 3.60. The zero-order chi connectivity index (χ0) is 17.6. The van der Waals surface area contributed by atoms with Crippen LogP contribution in [-0.2, 0) is 13.0 Å². The lowest BCUT2D eigenvalue weighted by Gasteiger charge is -2.14. The number of halogens is 1. The first-order valence-corrected chi connectivity index (χ1v) is 9.17. The lowest BCUT2D eigenvalue weighted by atomic mass is 10.1. The third kappa shape index (κ3) is 4.14. The van der Waals surface area contributed by atoms with E-state index in [0.717, 1.165) is 27.1 Å². The van der Waals surface area contributed by atoms with Gasteiger partial charge in [0.2, 0.25) is 0 Å². The Labute approximate surface area is 156 Å². The summed E-state index contributed by atoms with van der Waals surface area (Å²) in [5.74, 6) is 1.44. The van der Waals surface area contributed by atoms with E-state index >= 15 is 0 Å². The summed E-state index contributed by atoms with van der Waals surface area (Å²) in [5.41, 5.74) is 2.16. The third-order valence-electron chi connectivity index (χ3n) is 4.05. The first-order valence-electron chi connectivity index (χ1n) is 8.38. The van der Waals surface area contributed by atoms with Crippen molar-refractivity contribution in [1.29, 1.82) is 0 Å². The molecule has 0 heterocycles. The zero-order valence-electron chi connectivity index (χ0n) is 14.2. The van der Waals surface area contributed by atoms with Crippen molar-refractivity contribution in [3.8, 4) is 11.5 Å². The largest absolute Gasteiger partial charge is 0.490 e. The van der Waals surface area contributed by atoms with E-state index in [9.17, 15) is 0 Å². The van der Waals surface area contributed by atoms with Crippen LogP contribution in [0.5, 0.6) is 11.5 Å². The maximum atomic E-state index is 9.11. The van der Waals surface area contributed by atoms with E-state index in [1.54, 1.807) is 0 Å². The molecule has 0 saturated carbocycles. The molecular weight excluding hydrogens is 380 g/mol. The van der Waals surface area contributed by atoms with Crippen molar-refractivity contribution >= 4 is 26.7 Å². The molecule has 0 spiro atoms. The first-order chi connectivity index (χ1) is 12.2. The number of hydrogen-bond acceptors (Lipinski definition) is 3. The summed E-state index contributed by atoms with van der Waals surface area (Å²) in [6.07, 6.45) is 0.609. The number of fused-ring (bicyclic) bond motifs is 1. The van der Waals surface area contributed by atoms with Gasteiger partial charge >= 0.3 is 0 Å². The predicted molar refractivity (Wildman–Crippen MR) is 104 cm³/mol. The Morgan fingerprint density at radius 3 is 2.52 bits per heavy atom. The first kappa shape index (κ1) is 17.8. The molecule has 1 N–H and O–H groups in total. The second kappa shape index (κ2) is 8.37. The summed E-state index contributed by atoms with van der Waals surface area (Å²) in [6.45, 7) is 3.11. The maximum Gasteiger partial charge on any atom is 0.161 e.